The molecule has 0 aromatic heterocycles. The lowest BCUT2D eigenvalue weighted by Crippen LogP contribution is -2.39. The topological polar surface area (TPSA) is 35.5 Å². The largest absolute Gasteiger partial charge is 0.463 e. The van der Waals surface area contributed by atoms with Crippen LogP contribution in [0.25, 0.3) is 0 Å². The Labute approximate surface area is 154 Å². The maximum absolute atomic E-state index is 11.7. The number of carbonyl (C=O) groups excluding carboxylic acids is 1. The minimum Gasteiger partial charge on any atom is -0.463 e. The second kappa shape index (κ2) is 12.0. The Morgan fingerprint density at radius 2 is 1.64 bits per heavy atom. The van der Waals surface area contributed by atoms with Crippen molar-refractivity contribution < 1.29 is 14.0 Å². The second-order valence-electron chi connectivity index (χ2n) is 6.83. The summed E-state index contributed by atoms with van der Waals surface area (Å²) in [5.74, 6) is -0.294. The lowest BCUT2D eigenvalue weighted by Gasteiger charge is -2.32. The average molecular weight is 363 g/mol. The molecule has 0 amide bonds. The third kappa shape index (κ3) is 8.50. The monoisotopic (exact) mass is 362 g/mol. The number of hydrogen-bond acceptors (Lipinski definition) is 3. The zero-order valence-corrected chi connectivity index (χ0v) is 17.2. The van der Waals surface area contributed by atoms with Crippen LogP contribution < -0.4 is 0 Å². The van der Waals surface area contributed by atoms with E-state index in [2.05, 4.69) is 44.7 Å². The third-order valence-electron chi connectivity index (χ3n) is 4.50. The van der Waals surface area contributed by atoms with Crippen molar-refractivity contribution in [2.24, 2.45) is 0 Å². The molecule has 25 heavy (non-hydrogen) atoms. The quantitative estimate of drug-likeness (QED) is 0.250. The first-order chi connectivity index (χ1) is 12.0. The van der Waals surface area contributed by atoms with Gasteiger partial charge < -0.3 is 9.16 Å². The van der Waals surface area contributed by atoms with Crippen molar-refractivity contribution in [1.82, 2.24) is 0 Å². The number of benzene rings is 1. The van der Waals surface area contributed by atoms with Gasteiger partial charge >= 0.3 is 5.97 Å². The summed E-state index contributed by atoms with van der Waals surface area (Å²) in [6, 6.07) is 13.5. The molecule has 0 saturated carbocycles. The maximum atomic E-state index is 11.7. The summed E-state index contributed by atoms with van der Waals surface area (Å²) in [6.07, 6.45) is 4.70. The Balaban J connectivity index is 2.75. The maximum Gasteiger partial charge on any atom is 0.333 e. The highest BCUT2D eigenvalue weighted by atomic mass is 28.4. The third-order valence-corrected chi connectivity index (χ3v) is 8.90. The SMILES string of the molecule is C=C(C)C(=O)OCC[Si](CCCC)(CCCC)OCc1ccccc1. The summed E-state index contributed by atoms with van der Waals surface area (Å²) < 4.78 is 12.0. The van der Waals surface area contributed by atoms with Gasteiger partial charge in [0, 0.05) is 11.6 Å². The van der Waals surface area contributed by atoms with Crippen LogP contribution in [0.15, 0.2) is 42.5 Å². The lowest BCUT2D eigenvalue weighted by molar-refractivity contribution is -0.138. The first kappa shape index (κ1) is 21.6. The van der Waals surface area contributed by atoms with Gasteiger partial charge in [-0.1, -0.05) is 76.4 Å². The van der Waals surface area contributed by atoms with Crippen LogP contribution >= 0.6 is 0 Å². The normalized spacial score (nSPS) is 11.3. The van der Waals surface area contributed by atoms with E-state index in [1.165, 1.54) is 31.2 Å². The molecule has 0 aliphatic carbocycles. The van der Waals surface area contributed by atoms with Crippen LogP contribution in [0.4, 0.5) is 0 Å². The van der Waals surface area contributed by atoms with Crippen molar-refractivity contribution in [3.05, 3.63) is 48.0 Å². The van der Waals surface area contributed by atoms with Crippen molar-refractivity contribution in [1.29, 1.82) is 0 Å². The molecule has 0 spiro atoms. The van der Waals surface area contributed by atoms with E-state index in [0.717, 1.165) is 18.1 Å². The van der Waals surface area contributed by atoms with Gasteiger partial charge in [0.2, 0.25) is 0 Å². The molecule has 0 aliphatic rings. The fourth-order valence-corrected chi connectivity index (χ4v) is 6.98. The molecule has 0 unspecified atom stereocenters. The molecule has 0 heterocycles. The number of ether oxygens (including phenoxy) is 1. The molecule has 0 radical (unpaired) electrons. The molecule has 3 nitrogen and oxygen atoms in total. The van der Waals surface area contributed by atoms with Crippen LogP contribution in [0.5, 0.6) is 0 Å². The summed E-state index contributed by atoms with van der Waals surface area (Å²) in [5, 5.41) is 0. The van der Waals surface area contributed by atoms with Crippen LogP contribution in [0.3, 0.4) is 0 Å². The predicted octanol–water partition coefficient (Wildman–Crippen LogP) is 5.87. The first-order valence-electron chi connectivity index (χ1n) is 9.53. The van der Waals surface area contributed by atoms with E-state index >= 15 is 0 Å². The van der Waals surface area contributed by atoms with Gasteiger partial charge in [0.1, 0.15) is 0 Å². The highest BCUT2D eigenvalue weighted by Crippen LogP contribution is 2.29. The van der Waals surface area contributed by atoms with Crippen LogP contribution in [-0.2, 0) is 20.6 Å². The molecule has 0 saturated heterocycles. The molecule has 1 aromatic rings. The number of esters is 1. The van der Waals surface area contributed by atoms with Crippen molar-refractivity contribution in [3.63, 3.8) is 0 Å². The fourth-order valence-electron chi connectivity index (χ4n) is 2.85. The molecule has 140 valence electrons. The molecular formula is C21H34O3Si. The van der Waals surface area contributed by atoms with E-state index in [-0.39, 0.29) is 5.97 Å². The molecule has 0 bridgehead atoms. The summed E-state index contributed by atoms with van der Waals surface area (Å²) >= 11 is 0. The summed E-state index contributed by atoms with van der Waals surface area (Å²) in [7, 11) is -1.93. The van der Waals surface area contributed by atoms with Gasteiger partial charge in [0.15, 0.2) is 8.32 Å². The Bertz CT molecular complexity index is 505. The summed E-state index contributed by atoms with van der Waals surface area (Å²) in [5.41, 5.74) is 1.67. The predicted molar refractivity (Wildman–Crippen MR) is 107 cm³/mol. The van der Waals surface area contributed by atoms with E-state index in [0.29, 0.717) is 18.8 Å². The van der Waals surface area contributed by atoms with Gasteiger partial charge in [-0.3, -0.25) is 0 Å². The zero-order valence-electron chi connectivity index (χ0n) is 16.2. The van der Waals surface area contributed by atoms with Crippen molar-refractivity contribution in [2.75, 3.05) is 6.61 Å². The van der Waals surface area contributed by atoms with E-state index in [4.69, 9.17) is 9.16 Å². The first-order valence-corrected chi connectivity index (χ1v) is 12.1. The minimum atomic E-state index is -1.93. The smallest absolute Gasteiger partial charge is 0.333 e. The lowest BCUT2D eigenvalue weighted by atomic mass is 10.2. The molecular weight excluding hydrogens is 328 g/mol. The molecule has 1 rings (SSSR count). The van der Waals surface area contributed by atoms with Crippen LogP contribution in [0, 0.1) is 0 Å². The Morgan fingerprint density at radius 1 is 1.04 bits per heavy atom. The van der Waals surface area contributed by atoms with E-state index < -0.39 is 8.32 Å². The van der Waals surface area contributed by atoms with E-state index in [1.54, 1.807) is 6.92 Å². The minimum absolute atomic E-state index is 0.294. The highest BCUT2D eigenvalue weighted by molar-refractivity contribution is 6.73. The second-order valence-corrected chi connectivity index (χ2v) is 11.0. The van der Waals surface area contributed by atoms with Crippen LogP contribution in [0.2, 0.25) is 18.1 Å². The van der Waals surface area contributed by atoms with Crippen molar-refractivity contribution in [2.45, 2.75) is 71.2 Å². The Kier molecular flexibility index (Phi) is 10.4. The average Bonchev–Trinajstić information content (AvgIpc) is 2.63. The molecule has 4 heteroatoms. The number of carbonyl (C=O) groups is 1. The number of hydrogen-bond donors (Lipinski definition) is 0. The van der Waals surface area contributed by atoms with Gasteiger partial charge in [0.05, 0.1) is 13.2 Å². The summed E-state index contributed by atoms with van der Waals surface area (Å²) in [6.45, 7) is 10.9. The summed E-state index contributed by atoms with van der Waals surface area (Å²) in [4.78, 5) is 11.7. The number of rotatable bonds is 13. The van der Waals surface area contributed by atoms with Gasteiger partial charge in [-0.15, -0.1) is 0 Å². The molecule has 1 aromatic carbocycles. The molecule has 0 aliphatic heterocycles. The van der Waals surface area contributed by atoms with Gasteiger partial charge in [-0.2, -0.15) is 0 Å². The highest BCUT2D eigenvalue weighted by Gasteiger charge is 2.34. The fraction of sp³-hybridized carbons (Fsp3) is 0.571. The van der Waals surface area contributed by atoms with Crippen LogP contribution in [-0.4, -0.2) is 20.9 Å². The van der Waals surface area contributed by atoms with Crippen LogP contribution in [0.1, 0.15) is 52.0 Å². The number of unbranched alkanes of at least 4 members (excludes halogenated alkanes) is 2. The molecule has 0 fully saturated rings. The van der Waals surface area contributed by atoms with Gasteiger partial charge in [-0.25, -0.2) is 4.79 Å². The zero-order chi connectivity index (χ0) is 18.5. The van der Waals surface area contributed by atoms with Gasteiger partial charge in [0.25, 0.3) is 0 Å². The molecule has 0 N–H and O–H groups in total. The van der Waals surface area contributed by atoms with Crippen molar-refractivity contribution in [3.8, 4) is 0 Å². The van der Waals surface area contributed by atoms with E-state index in [9.17, 15) is 4.79 Å². The Hall–Kier alpha value is -1.39. The Morgan fingerprint density at radius 3 is 2.16 bits per heavy atom. The van der Waals surface area contributed by atoms with Gasteiger partial charge in [-0.05, 0) is 24.6 Å². The van der Waals surface area contributed by atoms with E-state index in [1.807, 2.05) is 6.07 Å². The standard InChI is InChI=1S/C21H34O3Si/c1-5-7-15-25(16-8-6-2,17-14-23-21(22)19(3)4)24-18-20-12-10-9-11-13-20/h9-13H,3,5-8,14-18H2,1-2,4H3. The van der Waals surface area contributed by atoms with Crippen molar-refractivity contribution >= 4 is 14.3 Å². The molecule has 0 atom stereocenters.